The number of rotatable bonds is 12. The summed E-state index contributed by atoms with van der Waals surface area (Å²) >= 11 is 0. The summed E-state index contributed by atoms with van der Waals surface area (Å²) in [7, 11) is 1.64. The van der Waals surface area contributed by atoms with Gasteiger partial charge in [-0.05, 0) is 42.0 Å². The van der Waals surface area contributed by atoms with Crippen LogP contribution in [0.15, 0.2) is 54.6 Å². The molecule has 2 aromatic rings. The molecular formula is C24H32O4. The van der Waals surface area contributed by atoms with E-state index in [1.807, 2.05) is 54.6 Å². The third-order valence-corrected chi connectivity index (χ3v) is 4.87. The van der Waals surface area contributed by atoms with E-state index >= 15 is 0 Å². The number of Topliss-reactive ketones (excluding diaryl/α,β-unsaturated/α-hetero) is 1. The molecule has 0 fully saturated rings. The molecule has 0 amide bonds. The smallest absolute Gasteiger partial charge is 0.138 e. The zero-order valence-electron chi connectivity index (χ0n) is 17.1. The second-order valence-electron chi connectivity index (χ2n) is 7.57. The second kappa shape index (κ2) is 11.6. The summed E-state index contributed by atoms with van der Waals surface area (Å²) in [6.45, 7) is 4.56. The molecule has 0 spiro atoms. The number of hydrogen-bond donors (Lipinski definition) is 1. The molecule has 0 unspecified atom stereocenters. The van der Waals surface area contributed by atoms with Crippen molar-refractivity contribution in [2.24, 2.45) is 5.92 Å². The van der Waals surface area contributed by atoms with Gasteiger partial charge in [0.2, 0.25) is 0 Å². The average Bonchev–Trinajstić information content (AvgIpc) is 2.70. The Hall–Kier alpha value is -2.17. The number of ketones is 1. The summed E-state index contributed by atoms with van der Waals surface area (Å²) in [5, 5.41) is 10.2. The van der Waals surface area contributed by atoms with Crippen molar-refractivity contribution in [1.29, 1.82) is 0 Å². The first kappa shape index (κ1) is 22.1. The number of aliphatic hydroxyl groups is 1. The molecule has 28 heavy (non-hydrogen) atoms. The van der Waals surface area contributed by atoms with E-state index in [-0.39, 0.29) is 24.2 Å². The average molecular weight is 385 g/mol. The van der Waals surface area contributed by atoms with Crippen LogP contribution in [-0.4, -0.2) is 30.2 Å². The standard InChI is InChI=1S/C24H32O4/c1-18(2)24(28-17-20-10-13-23(27-3)14-11-20)16-22(26)15-21(25)12-9-19-7-5-4-6-8-19/h4-8,10-11,13-14,18,21,24-25H,9,12,15-17H2,1-3H3/t21-,24+/m1/s1. The third-order valence-electron chi connectivity index (χ3n) is 4.87. The van der Waals surface area contributed by atoms with E-state index in [1.54, 1.807) is 7.11 Å². The molecule has 0 bridgehead atoms. The highest BCUT2D eigenvalue weighted by atomic mass is 16.5. The molecule has 4 nitrogen and oxygen atoms in total. The summed E-state index contributed by atoms with van der Waals surface area (Å²) in [6.07, 6.45) is 1.11. The lowest BCUT2D eigenvalue weighted by Crippen LogP contribution is -2.25. The van der Waals surface area contributed by atoms with Crippen molar-refractivity contribution in [3.63, 3.8) is 0 Å². The molecule has 0 aliphatic heterocycles. The van der Waals surface area contributed by atoms with Gasteiger partial charge >= 0.3 is 0 Å². The Kier molecular flexibility index (Phi) is 9.18. The molecule has 0 saturated carbocycles. The molecule has 1 N–H and O–H groups in total. The lowest BCUT2D eigenvalue weighted by molar-refractivity contribution is -0.125. The number of aliphatic hydroxyl groups excluding tert-OH is 1. The molecule has 4 heteroatoms. The molecule has 0 aliphatic rings. The Morgan fingerprint density at radius 1 is 0.964 bits per heavy atom. The highest BCUT2D eigenvalue weighted by Crippen LogP contribution is 2.18. The van der Waals surface area contributed by atoms with Crippen LogP contribution in [0.3, 0.4) is 0 Å². The van der Waals surface area contributed by atoms with Gasteiger partial charge in [-0.2, -0.15) is 0 Å². The lowest BCUT2D eigenvalue weighted by Gasteiger charge is -2.22. The minimum absolute atomic E-state index is 0.0500. The molecule has 0 radical (unpaired) electrons. The minimum Gasteiger partial charge on any atom is -0.497 e. The first-order valence-electron chi connectivity index (χ1n) is 9.96. The first-order valence-corrected chi connectivity index (χ1v) is 9.96. The monoisotopic (exact) mass is 384 g/mol. The zero-order valence-corrected chi connectivity index (χ0v) is 17.1. The molecule has 152 valence electrons. The Labute approximate surface area is 168 Å². The van der Waals surface area contributed by atoms with Gasteiger partial charge in [-0.15, -0.1) is 0 Å². The first-order chi connectivity index (χ1) is 13.5. The van der Waals surface area contributed by atoms with Crippen molar-refractivity contribution in [3.8, 4) is 5.75 Å². The van der Waals surface area contributed by atoms with Gasteiger partial charge in [-0.3, -0.25) is 4.79 Å². The van der Waals surface area contributed by atoms with E-state index in [9.17, 15) is 9.90 Å². The van der Waals surface area contributed by atoms with Gasteiger partial charge in [0.1, 0.15) is 11.5 Å². The number of hydrogen-bond acceptors (Lipinski definition) is 4. The predicted octanol–water partition coefficient (Wildman–Crippen LogP) is 4.58. The highest BCUT2D eigenvalue weighted by molar-refractivity contribution is 5.79. The van der Waals surface area contributed by atoms with Gasteiger partial charge in [-0.1, -0.05) is 56.3 Å². The second-order valence-corrected chi connectivity index (χ2v) is 7.57. The van der Waals surface area contributed by atoms with Crippen molar-refractivity contribution in [2.75, 3.05) is 7.11 Å². The fraction of sp³-hybridized carbons (Fsp3) is 0.458. The van der Waals surface area contributed by atoms with E-state index in [2.05, 4.69) is 13.8 Å². The fourth-order valence-corrected chi connectivity index (χ4v) is 3.06. The SMILES string of the molecule is COc1ccc(CO[C@@H](CC(=O)C[C@H](O)CCc2ccccc2)C(C)C)cc1. The molecule has 2 aromatic carbocycles. The van der Waals surface area contributed by atoms with E-state index in [1.165, 1.54) is 5.56 Å². The lowest BCUT2D eigenvalue weighted by atomic mass is 9.97. The molecule has 2 rings (SSSR count). The fourth-order valence-electron chi connectivity index (χ4n) is 3.06. The van der Waals surface area contributed by atoms with Crippen molar-refractivity contribution in [3.05, 3.63) is 65.7 Å². The summed E-state index contributed by atoms with van der Waals surface area (Å²) in [4.78, 5) is 12.4. The van der Waals surface area contributed by atoms with Gasteiger partial charge in [0.15, 0.2) is 0 Å². The Balaban J connectivity index is 1.77. The third kappa shape index (κ3) is 7.83. The van der Waals surface area contributed by atoms with E-state index in [4.69, 9.17) is 9.47 Å². The van der Waals surface area contributed by atoms with Crippen LogP contribution in [0.5, 0.6) is 5.75 Å². The van der Waals surface area contributed by atoms with Crippen molar-refractivity contribution in [2.45, 2.75) is 58.3 Å². The predicted molar refractivity (Wildman–Crippen MR) is 111 cm³/mol. The summed E-state index contributed by atoms with van der Waals surface area (Å²) in [5.41, 5.74) is 2.22. The Morgan fingerprint density at radius 2 is 1.64 bits per heavy atom. The number of methoxy groups -OCH3 is 1. The number of carbonyl (C=O) groups excluding carboxylic acids is 1. The zero-order chi connectivity index (χ0) is 20.4. The van der Waals surface area contributed by atoms with Gasteiger partial charge < -0.3 is 14.6 Å². The Bertz CT molecular complexity index is 694. The van der Waals surface area contributed by atoms with E-state index < -0.39 is 6.10 Å². The number of ether oxygens (including phenoxy) is 2. The van der Waals surface area contributed by atoms with Gasteiger partial charge in [-0.25, -0.2) is 0 Å². The van der Waals surface area contributed by atoms with Crippen LogP contribution in [0.2, 0.25) is 0 Å². The highest BCUT2D eigenvalue weighted by Gasteiger charge is 2.20. The molecule has 0 saturated heterocycles. The number of aryl methyl sites for hydroxylation is 1. The molecule has 0 aromatic heterocycles. The Morgan fingerprint density at radius 3 is 2.25 bits per heavy atom. The maximum atomic E-state index is 12.4. The van der Waals surface area contributed by atoms with Crippen molar-refractivity contribution in [1.82, 2.24) is 0 Å². The quantitative estimate of drug-likeness (QED) is 0.582. The van der Waals surface area contributed by atoms with Crippen LogP contribution in [0.4, 0.5) is 0 Å². The largest absolute Gasteiger partial charge is 0.497 e. The van der Waals surface area contributed by atoms with Crippen LogP contribution in [0, 0.1) is 5.92 Å². The van der Waals surface area contributed by atoms with Gasteiger partial charge in [0.05, 0.1) is 25.9 Å². The van der Waals surface area contributed by atoms with E-state index in [0.717, 1.165) is 17.7 Å². The van der Waals surface area contributed by atoms with Crippen LogP contribution < -0.4 is 4.74 Å². The van der Waals surface area contributed by atoms with Gasteiger partial charge in [0, 0.05) is 12.8 Å². The van der Waals surface area contributed by atoms with Crippen molar-refractivity contribution >= 4 is 5.78 Å². The molecule has 2 atom stereocenters. The van der Waals surface area contributed by atoms with E-state index in [0.29, 0.717) is 19.4 Å². The maximum Gasteiger partial charge on any atom is 0.138 e. The van der Waals surface area contributed by atoms with Crippen LogP contribution >= 0.6 is 0 Å². The minimum atomic E-state index is -0.609. The molecule has 0 aliphatic carbocycles. The summed E-state index contributed by atoms with van der Waals surface area (Å²) < 4.78 is 11.2. The van der Waals surface area contributed by atoms with Gasteiger partial charge in [0.25, 0.3) is 0 Å². The number of benzene rings is 2. The van der Waals surface area contributed by atoms with Crippen LogP contribution in [0.25, 0.3) is 0 Å². The summed E-state index contributed by atoms with van der Waals surface area (Å²) in [6, 6.07) is 17.8. The normalized spacial score (nSPS) is 13.3. The molecule has 0 heterocycles. The van der Waals surface area contributed by atoms with Crippen molar-refractivity contribution < 1.29 is 19.4 Å². The maximum absolute atomic E-state index is 12.4. The molecular weight excluding hydrogens is 352 g/mol. The number of carbonyl (C=O) groups is 1. The topological polar surface area (TPSA) is 55.8 Å². The summed E-state index contributed by atoms with van der Waals surface area (Å²) in [5.74, 6) is 1.08. The van der Waals surface area contributed by atoms with Crippen LogP contribution in [-0.2, 0) is 22.6 Å². The van der Waals surface area contributed by atoms with Crippen LogP contribution in [0.1, 0.15) is 44.2 Å².